The molecule has 0 amide bonds. The number of methoxy groups -OCH3 is 1. The van der Waals surface area contributed by atoms with E-state index in [4.69, 9.17) is 0 Å². The summed E-state index contributed by atoms with van der Waals surface area (Å²) >= 11 is 0. The molecule has 2 aromatic rings. The minimum Gasteiger partial charge on any atom is -0.467 e. The third-order valence-corrected chi connectivity index (χ3v) is 4.39. The van der Waals surface area contributed by atoms with Crippen LogP contribution in [0.1, 0.15) is 0 Å². The Balaban J connectivity index is 2.19. The van der Waals surface area contributed by atoms with E-state index in [1.807, 2.05) is 18.2 Å². The zero-order valence-corrected chi connectivity index (χ0v) is 12.1. The van der Waals surface area contributed by atoms with Gasteiger partial charge in [0, 0.05) is 6.54 Å². The molecule has 0 fully saturated rings. The highest BCUT2D eigenvalue weighted by Crippen LogP contribution is 2.18. The number of sulfonamides is 1. The number of hydrogen-bond donors (Lipinski definition) is 2. The van der Waals surface area contributed by atoms with E-state index in [9.17, 15) is 18.3 Å². The summed E-state index contributed by atoms with van der Waals surface area (Å²) < 4.78 is 30.7. The van der Waals surface area contributed by atoms with Gasteiger partial charge in [0.25, 0.3) is 0 Å². The summed E-state index contributed by atoms with van der Waals surface area (Å²) in [6.07, 6.45) is -1.54. The summed E-state index contributed by atoms with van der Waals surface area (Å²) in [6.45, 7) is -0.443. The number of aliphatic hydroxyl groups excluding tert-OH is 1. The van der Waals surface area contributed by atoms with Gasteiger partial charge >= 0.3 is 5.97 Å². The molecule has 0 spiro atoms. The van der Waals surface area contributed by atoms with Crippen LogP contribution in [0, 0.1) is 0 Å². The maximum absolute atomic E-state index is 12.1. The van der Waals surface area contributed by atoms with Crippen molar-refractivity contribution < 1.29 is 23.1 Å². The van der Waals surface area contributed by atoms with Crippen LogP contribution >= 0.6 is 0 Å². The third kappa shape index (κ3) is 3.57. The van der Waals surface area contributed by atoms with Gasteiger partial charge in [-0.2, -0.15) is 0 Å². The van der Waals surface area contributed by atoms with Gasteiger partial charge in [0.1, 0.15) is 0 Å². The summed E-state index contributed by atoms with van der Waals surface area (Å²) in [6, 6.07) is 12.0. The van der Waals surface area contributed by atoms with Crippen LogP contribution in [-0.2, 0) is 19.6 Å². The molecule has 0 aliphatic heterocycles. The number of ether oxygens (including phenoxy) is 1. The van der Waals surface area contributed by atoms with Crippen molar-refractivity contribution in [2.75, 3.05) is 13.7 Å². The number of benzene rings is 2. The van der Waals surface area contributed by atoms with Crippen LogP contribution in [0.5, 0.6) is 0 Å². The zero-order chi connectivity index (χ0) is 15.5. The lowest BCUT2D eigenvalue weighted by Crippen LogP contribution is -2.37. The van der Waals surface area contributed by atoms with Gasteiger partial charge < -0.3 is 9.84 Å². The first-order chi connectivity index (χ1) is 9.94. The molecule has 0 aromatic heterocycles. The smallest absolute Gasteiger partial charge is 0.336 e. The van der Waals surface area contributed by atoms with E-state index < -0.39 is 28.6 Å². The fourth-order valence-electron chi connectivity index (χ4n) is 1.83. The number of esters is 1. The summed E-state index contributed by atoms with van der Waals surface area (Å²) in [7, 11) is -2.69. The molecule has 2 rings (SSSR count). The van der Waals surface area contributed by atoms with Gasteiger partial charge in [-0.25, -0.2) is 17.9 Å². The predicted molar refractivity (Wildman–Crippen MR) is 77.2 cm³/mol. The molecule has 2 N–H and O–H groups in total. The van der Waals surface area contributed by atoms with Crippen LogP contribution < -0.4 is 4.72 Å². The molecule has 21 heavy (non-hydrogen) atoms. The predicted octanol–water partition coefficient (Wildman–Crippen LogP) is 0.652. The number of carbonyl (C=O) groups is 1. The van der Waals surface area contributed by atoms with Gasteiger partial charge in [-0.15, -0.1) is 0 Å². The molecule has 112 valence electrons. The van der Waals surface area contributed by atoms with E-state index >= 15 is 0 Å². The lowest BCUT2D eigenvalue weighted by Gasteiger charge is -2.11. The van der Waals surface area contributed by atoms with Crippen molar-refractivity contribution in [2.24, 2.45) is 0 Å². The summed E-state index contributed by atoms with van der Waals surface area (Å²) in [4.78, 5) is 11.1. The number of rotatable bonds is 5. The van der Waals surface area contributed by atoms with Crippen LogP contribution in [-0.4, -0.2) is 39.3 Å². The van der Waals surface area contributed by atoms with Crippen LogP contribution in [0.3, 0.4) is 0 Å². The highest BCUT2D eigenvalue weighted by Gasteiger charge is 2.20. The Bertz CT molecular complexity index is 757. The Hall–Kier alpha value is -1.96. The fourth-order valence-corrected chi connectivity index (χ4v) is 2.90. The number of aliphatic hydroxyl groups is 1. The highest BCUT2D eigenvalue weighted by molar-refractivity contribution is 7.89. The zero-order valence-electron chi connectivity index (χ0n) is 11.3. The van der Waals surface area contributed by atoms with Crippen molar-refractivity contribution in [1.29, 1.82) is 0 Å². The Morgan fingerprint density at radius 1 is 1.24 bits per heavy atom. The van der Waals surface area contributed by atoms with Crippen molar-refractivity contribution in [3.63, 3.8) is 0 Å². The fraction of sp³-hybridized carbons (Fsp3) is 0.214. The molecule has 0 aliphatic carbocycles. The molecule has 1 atom stereocenters. The van der Waals surface area contributed by atoms with E-state index in [1.165, 1.54) is 12.1 Å². The SMILES string of the molecule is COC(=O)C(O)CNS(=O)(=O)c1ccc2ccccc2c1. The first-order valence-corrected chi connectivity index (χ1v) is 7.67. The second-order valence-corrected chi connectivity index (χ2v) is 6.17. The molecule has 0 saturated carbocycles. The third-order valence-electron chi connectivity index (χ3n) is 2.97. The summed E-state index contributed by atoms with van der Waals surface area (Å²) in [5.41, 5.74) is 0. The molecule has 0 bridgehead atoms. The number of nitrogens with one attached hydrogen (secondary N) is 1. The van der Waals surface area contributed by atoms with Crippen molar-refractivity contribution in [1.82, 2.24) is 4.72 Å². The summed E-state index contributed by atoms with van der Waals surface area (Å²) in [5.74, 6) is -0.892. The lowest BCUT2D eigenvalue weighted by atomic mass is 10.1. The summed E-state index contributed by atoms with van der Waals surface area (Å²) in [5, 5.41) is 11.1. The Morgan fingerprint density at radius 2 is 1.90 bits per heavy atom. The monoisotopic (exact) mass is 309 g/mol. The van der Waals surface area contributed by atoms with Gasteiger partial charge in [-0.1, -0.05) is 30.3 Å². The molecule has 7 heteroatoms. The molecular weight excluding hydrogens is 294 g/mol. The number of fused-ring (bicyclic) bond motifs is 1. The maximum Gasteiger partial charge on any atom is 0.336 e. The second kappa shape index (κ2) is 6.21. The van der Waals surface area contributed by atoms with Crippen molar-refractivity contribution in [3.05, 3.63) is 42.5 Å². The van der Waals surface area contributed by atoms with E-state index in [1.54, 1.807) is 12.1 Å². The van der Waals surface area contributed by atoms with E-state index in [2.05, 4.69) is 9.46 Å². The largest absolute Gasteiger partial charge is 0.467 e. The average Bonchev–Trinajstić information content (AvgIpc) is 2.51. The van der Waals surface area contributed by atoms with E-state index in [-0.39, 0.29) is 4.90 Å². The van der Waals surface area contributed by atoms with Gasteiger partial charge in [-0.05, 0) is 22.9 Å². The van der Waals surface area contributed by atoms with Crippen LogP contribution in [0.25, 0.3) is 10.8 Å². The maximum atomic E-state index is 12.1. The Labute approximate surface area is 122 Å². The molecule has 2 aromatic carbocycles. The standard InChI is InChI=1S/C14H15NO5S/c1-20-14(17)13(16)9-15-21(18,19)12-7-6-10-4-2-3-5-11(10)8-12/h2-8,13,15-16H,9H2,1H3. The molecule has 0 heterocycles. The average molecular weight is 309 g/mol. The number of hydrogen-bond acceptors (Lipinski definition) is 5. The second-order valence-electron chi connectivity index (χ2n) is 4.40. The minimum absolute atomic E-state index is 0.0678. The van der Waals surface area contributed by atoms with E-state index in [0.29, 0.717) is 0 Å². The molecule has 0 saturated heterocycles. The number of carbonyl (C=O) groups excluding carboxylic acids is 1. The normalized spacial score (nSPS) is 13.0. The molecular formula is C14H15NO5S. The Kier molecular flexibility index (Phi) is 4.56. The molecule has 1 unspecified atom stereocenters. The molecule has 0 aliphatic rings. The van der Waals surface area contributed by atoms with Gasteiger partial charge in [0.05, 0.1) is 12.0 Å². The van der Waals surface area contributed by atoms with Crippen molar-refractivity contribution >= 4 is 26.8 Å². The minimum atomic E-state index is -3.81. The van der Waals surface area contributed by atoms with Crippen LogP contribution in [0.4, 0.5) is 0 Å². The van der Waals surface area contributed by atoms with Gasteiger partial charge in [-0.3, -0.25) is 0 Å². The van der Waals surface area contributed by atoms with Crippen molar-refractivity contribution in [3.8, 4) is 0 Å². The lowest BCUT2D eigenvalue weighted by molar-refractivity contribution is -0.149. The van der Waals surface area contributed by atoms with Crippen molar-refractivity contribution in [2.45, 2.75) is 11.0 Å². The molecule has 6 nitrogen and oxygen atoms in total. The quantitative estimate of drug-likeness (QED) is 0.791. The van der Waals surface area contributed by atoms with Crippen LogP contribution in [0.2, 0.25) is 0 Å². The van der Waals surface area contributed by atoms with Gasteiger partial charge in [0.2, 0.25) is 10.0 Å². The highest BCUT2D eigenvalue weighted by atomic mass is 32.2. The van der Waals surface area contributed by atoms with Crippen LogP contribution in [0.15, 0.2) is 47.4 Å². The first-order valence-electron chi connectivity index (χ1n) is 6.18. The Morgan fingerprint density at radius 3 is 2.57 bits per heavy atom. The molecule has 0 radical (unpaired) electrons. The van der Waals surface area contributed by atoms with E-state index in [0.717, 1.165) is 17.9 Å². The topological polar surface area (TPSA) is 92.7 Å². The van der Waals surface area contributed by atoms with Gasteiger partial charge in [0.15, 0.2) is 6.10 Å². The first kappa shape index (κ1) is 15.4.